The van der Waals surface area contributed by atoms with Crippen molar-refractivity contribution in [1.82, 2.24) is 19.7 Å². The highest BCUT2D eigenvalue weighted by Crippen LogP contribution is 2.38. The van der Waals surface area contributed by atoms with Crippen LogP contribution >= 0.6 is 0 Å². The smallest absolute Gasteiger partial charge is 0.394 e. The van der Waals surface area contributed by atoms with Gasteiger partial charge in [-0.25, -0.2) is 4.98 Å². The number of aliphatic carboxylic acids is 1. The SMILES string of the molecule is Cn1cnc(-c2ccc(C(=O)N3C[C@@H](C(F)(F)F)[C@H](C(=O)O)C3)cc2)n1. The van der Waals surface area contributed by atoms with Crippen LogP contribution in [0.1, 0.15) is 10.4 Å². The lowest BCUT2D eigenvalue weighted by Crippen LogP contribution is -2.34. The molecule has 2 aromatic rings. The molecule has 0 radical (unpaired) electrons. The molecule has 26 heavy (non-hydrogen) atoms. The molecule has 1 aliphatic rings. The summed E-state index contributed by atoms with van der Waals surface area (Å²) in [7, 11) is 1.71. The van der Waals surface area contributed by atoms with E-state index < -0.39 is 43.0 Å². The number of rotatable bonds is 3. The van der Waals surface area contributed by atoms with Crippen LogP contribution in [0.25, 0.3) is 11.4 Å². The Hall–Kier alpha value is -2.91. The third-order valence-corrected chi connectivity index (χ3v) is 4.33. The zero-order chi connectivity index (χ0) is 19.1. The summed E-state index contributed by atoms with van der Waals surface area (Å²) in [6.45, 7) is -1.13. The van der Waals surface area contributed by atoms with E-state index in [0.717, 1.165) is 4.90 Å². The van der Waals surface area contributed by atoms with Gasteiger partial charge in [0, 0.05) is 31.3 Å². The fourth-order valence-corrected chi connectivity index (χ4v) is 2.97. The van der Waals surface area contributed by atoms with Crippen LogP contribution in [0.4, 0.5) is 13.2 Å². The first-order valence-electron chi connectivity index (χ1n) is 7.71. The molecule has 2 atom stereocenters. The number of amides is 1. The first kappa shape index (κ1) is 17.9. The van der Waals surface area contributed by atoms with E-state index in [1.54, 1.807) is 19.2 Å². The van der Waals surface area contributed by atoms with Crippen LogP contribution in [0.2, 0.25) is 0 Å². The van der Waals surface area contributed by atoms with Gasteiger partial charge in [0.25, 0.3) is 5.91 Å². The van der Waals surface area contributed by atoms with Gasteiger partial charge in [-0.05, 0) is 12.1 Å². The summed E-state index contributed by atoms with van der Waals surface area (Å²) in [5, 5.41) is 13.1. The van der Waals surface area contributed by atoms with Gasteiger partial charge >= 0.3 is 12.1 Å². The van der Waals surface area contributed by atoms with Gasteiger partial charge in [0.1, 0.15) is 6.33 Å². The molecule has 2 heterocycles. The quantitative estimate of drug-likeness (QED) is 0.893. The Morgan fingerprint density at radius 1 is 1.19 bits per heavy atom. The molecular weight excluding hydrogens is 353 g/mol. The molecule has 1 fully saturated rings. The average Bonchev–Trinajstić information content (AvgIpc) is 3.20. The highest BCUT2D eigenvalue weighted by molar-refractivity contribution is 5.95. The Labute approximate surface area is 146 Å². The highest BCUT2D eigenvalue weighted by atomic mass is 19.4. The van der Waals surface area contributed by atoms with Crippen LogP contribution in [-0.2, 0) is 11.8 Å². The van der Waals surface area contributed by atoms with Gasteiger partial charge in [-0.1, -0.05) is 12.1 Å². The number of likely N-dealkylation sites (tertiary alicyclic amines) is 1. The predicted octanol–water partition coefficient (Wildman–Crippen LogP) is 1.82. The number of nitrogens with zero attached hydrogens (tertiary/aromatic N) is 4. The maximum absolute atomic E-state index is 13.0. The molecule has 138 valence electrons. The molecule has 0 aliphatic carbocycles. The molecule has 1 N–H and O–H groups in total. The van der Waals surface area contributed by atoms with E-state index in [4.69, 9.17) is 5.11 Å². The number of carbonyl (C=O) groups is 2. The summed E-state index contributed by atoms with van der Waals surface area (Å²) in [5.41, 5.74) is 0.830. The second-order valence-electron chi connectivity index (χ2n) is 6.12. The molecule has 10 heteroatoms. The topological polar surface area (TPSA) is 88.3 Å². The zero-order valence-corrected chi connectivity index (χ0v) is 13.6. The zero-order valence-electron chi connectivity index (χ0n) is 13.6. The Morgan fingerprint density at radius 2 is 1.85 bits per heavy atom. The van der Waals surface area contributed by atoms with Crippen molar-refractivity contribution in [3.63, 3.8) is 0 Å². The van der Waals surface area contributed by atoms with E-state index in [0.29, 0.717) is 11.4 Å². The molecule has 0 saturated carbocycles. The average molecular weight is 368 g/mol. The van der Waals surface area contributed by atoms with Gasteiger partial charge < -0.3 is 10.0 Å². The minimum absolute atomic E-state index is 0.177. The van der Waals surface area contributed by atoms with Crippen molar-refractivity contribution in [2.24, 2.45) is 18.9 Å². The van der Waals surface area contributed by atoms with Crippen molar-refractivity contribution in [3.8, 4) is 11.4 Å². The minimum Gasteiger partial charge on any atom is -0.481 e. The van der Waals surface area contributed by atoms with Crippen LogP contribution < -0.4 is 0 Å². The number of carboxylic acid groups (broad SMARTS) is 1. The van der Waals surface area contributed by atoms with Crippen molar-refractivity contribution in [1.29, 1.82) is 0 Å². The van der Waals surface area contributed by atoms with Crippen molar-refractivity contribution in [3.05, 3.63) is 36.2 Å². The Balaban J connectivity index is 1.78. The summed E-state index contributed by atoms with van der Waals surface area (Å²) >= 11 is 0. The molecule has 1 saturated heterocycles. The van der Waals surface area contributed by atoms with E-state index in [2.05, 4.69) is 10.1 Å². The normalized spacial score (nSPS) is 20.4. The molecule has 1 amide bonds. The molecule has 1 aromatic heterocycles. The fraction of sp³-hybridized carbons (Fsp3) is 0.375. The van der Waals surface area contributed by atoms with Crippen molar-refractivity contribution in [2.45, 2.75) is 6.18 Å². The van der Waals surface area contributed by atoms with Crippen LogP contribution in [-0.4, -0.2) is 55.9 Å². The van der Waals surface area contributed by atoms with Crippen molar-refractivity contribution < 1.29 is 27.9 Å². The highest BCUT2D eigenvalue weighted by Gasteiger charge is 2.53. The van der Waals surface area contributed by atoms with E-state index in [-0.39, 0.29) is 5.56 Å². The summed E-state index contributed by atoms with van der Waals surface area (Å²) < 4.78 is 40.6. The number of hydrogen-bond donors (Lipinski definition) is 1. The second-order valence-corrected chi connectivity index (χ2v) is 6.12. The maximum Gasteiger partial charge on any atom is 0.394 e. The summed E-state index contributed by atoms with van der Waals surface area (Å²) in [6.07, 6.45) is -3.16. The number of carboxylic acids is 1. The first-order chi connectivity index (χ1) is 12.2. The first-order valence-corrected chi connectivity index (χ1v) is 7.71. The number of aromatic nitrogens is 3. The van der Waals surface area contributed by atoms with E-state index in [9.17, 15) is 22.8 Å². The fourth-order valence-electron chi connectivity index (χ4n) is 2.97. The van der Waals surface area contributed by atoms with Gasteiger partial charge in [-0.2, -0.15) is 18.3 Å². The number of aryl methyl sites for hydroxylation is 1. The third kappa shape index (κ3) is 3.39. The lowest BCUT2D eigenvalue weighted by molar-refractivity contribution is -0.187. The molecule has 0 unspecified atom stereocenters. The molecule has 0 spiro atoms. The maximum atomic E-state index is 13.0. The number of benzene rings is 1. The van der Waals surface area contributed by atoms with Gasteiger partial charge in [0.15, 0.2) is 5.82 Å². The molecule has 7 nitrogen and oxygen atoms in total. The molecule has 0 bridgehead atoms. The van der Waals surface area contributed by atoms with E-state index in [1.807, 2.05) is 0 Å². The Bertz CT molecular complexity index is 832. The minimum atomic E-state index is -4.67. The lowest BCUT2D eigenvalue weighted by Gasteiger charge is -2.18. The third-order valence-electron chi connectivity index (χ3n) is 4.33. The van der Waals surface area contributed by atoms with Crippen LogP contribution in [0.3, 0.4) is 0 Å². The van der Waals surface area contributed by atoms with Crippen LogP contribution in [0.15, 0.2) is 30.6 Å². The number of hydrogen-bond acceptors (Lipinski definition) is 4. The Kier molecular flexibility index (Phi) is 4.43. The number of halogens is 3. The standard InChI is InChI=1S/C16H15F3N4O3/c1-22-8-20-13(21-22)9-2-4-10(5-3-9)14(24)23-6-11(15(25)26)12(7-23)16(17,18)19/h2-5,8,11-12H,6-7H2,1H3,(H,25,26)/t11-,12-/m1/s1. The summed E-state index contributed by atoms with van der Waals surface area (Å²) in [6, 6.07) is 6.11. The molecular formula is C16H15F3N4O3. The van der Waals surface area contributed by atoms with Gasteiger partial charge in [0.2, 0.25) is 0 Å². The van der Waals surface area contributed by atoms with Gasteiger partial charge in [0.05, 0.1) is 11.8 Å². The van der Waals surface area contributed by atoms with Crippen molar-refractivity contribution in [2.75, 3.05) is 13.1 Å². The largest absolute Gasteiger partial charge is 0.481 e. The van der Waals surface area contributed by atoms with Gasteiger partial charge in [-0.3, -0.25) is 14.3 Å². The molecule has 1 aliphatic heterocycles. The number of alkyl halides is 3. The van der Waals surface area contributed by atoms with E-state index >= 15 is 0 Å². The van der Waals surface area contributed by atoms with E-state index in [1.165, 1.54) is 23.1 Å². The van der Waals surface area contributed by atoms with Crippen LogP contribution in [0.5, 0.6) is 0 Å². The second kappa shape index (κ2) is 6.43. The molecule has 1 aromatic carbocycles. The molecule has 3 rings (SSSR count). The van der Waals surface area contributed by atoms with Gasteiger partial charge in [-0.15, -0.1) is 0 Å². The number of carbonyl (C=O) groups excluding carboxylic acids is 1. The lowest BCUT2D eigenvalue weighted by atomic mass is 9.96. The predicted molar refractivity (Wildman–Crippen MR) is 83.0 cm³/mol. The summed E-state index contributed by atoms with van der Waals surface area (Å²) in [4.78, 5) is 28.6. The monoisotopic (exact) mass is 368 g/mol. The Morgan fingerprint density at radius 3 is 2.31 bits per heavy atom. The summed E-state index contributed by atoms with van der Waals surface area (Å²) in [5.74, 6) is -5.46. The van der Waals surface area contributed by atoms with Crippen LogP contribution in [0, 0.1) is 11.8 Å². The van der Waals surface area contributed by atoms with Crippen molar-refractivity contribution >= 4 is 11.9 Å².